The fourth-order valence-electron chi connectivity index (χ4n) is 2.73. The number of imidazole rings is 1. The van der Waals surface area contributed by atoms with E-state index in [2.05, 4.69) is 27.8 Å². The van der Waals surface area contributed by atoms with Crippen molar-refractivity contribution in [2.45, 2.75) is 6.92 Å². The third-order valence-corrected chi connectivity index (χ3v) is 3.93. The molecule has 3 aromatic heterocycles. The number of rotatable bonds is 3. The number of fused-ring (bicyclic) bond motifs is 1. The molecule has 0 amide bonds. The van der Waals surface area contributed by atoms with E-state index < -0.39 is 0 Å². The van der Waals surface area contributed by atoms with Crippen molar-refractivity contribution in [2.24, 2.45) is 0 Å². The van der Waals surface area contributed by atoms with E-state index in [1.54, 1.807) is 7.11 Å². The first-order valence-corrected chi connectivity index (χ1v) is 7.44. The standard InChI is InChI=1S/C18H17N4O/c1-13-12-22(10-7-17(13)23-2)18-19-15-6-5-14(11-16(15)20-18)21-8-3-4-9-21/h3-12H,1-2H3,(H,19,20)/q+1. The molecule has 0 spiro atoms. The molecule has 0 bridgehead atoms. The second-order valence-corrected chi connectivity index (χ2v) is 5.46. The van der Waals surface area contributed by atoms with Crippen LogP contribution in [0.3, 0.4) is 0 Å². The van der Waals surface area contributed by atoms with Crippen molar-refractivity contribution >= 4 is 11.0 Å². The second kappa shape index (κ2) is 5.28. The van der Waals surface area contributed by atoms with Crippen LogP contribution in [0.2, 0.25) is 0 Å². The number of methoxy groups -OCH3 is 1. The molecule has 5 nitrogen and oxygen atoms in total. The summed E-state index contributed by atoms with van der Waals surface area (Å²) in [5.41, 5.74) is 4.10. The molecule has 0 aliphatic carbocycles. The maximum absolute atomic E-state index is 5.31. The molecule has 1 aromatic carbocycles. The van der Waals surface area contributed by atoms with Gasteiger partial charge < -0.3 is 9.30 Å². The minimum atomic E-state index is 0.787. The van der Waals surface area contributed by atoms with Crippen LogP contribution in [0.5, 0.6) is 5.75 Å². The zero-order valence-electron chi connectivity index (χ0n) is 13.0. The van der Waals surface area contributed by atoms with Gasteiger partial charge in [0.25, 0.3) is 0 Å². The maximum Gasteiger partial charge on any atom is 0.401 e. The van der Waals surface area contributed by atoms with Gasteiger partial charge in [-0.15, -0.1) is 0 Å². The second-order valence-electron chi connectivity index (χ2n) is 5.46. The number of pyridine rings is 1. The highest BCUT2D eigenvalue weighted by Gasteiger charge is 2.15. The van der Waals surface area contributed by atoms with Crippen molar-refractivity contribution in [1.82, 2.24) is 14.5 Å². The van der Waals surface area contributed by atoms with Gasteiger partial charge in [0, 0.05) is 35.8 Å². The third-order valence-electron chi connectivity index (χ3n) is 3.93. The van der Waals surface area contributed by atoms with Gasteiger partial charge in [-0.3, -0.25) is 0 Å². The van der Waals surface area contributed by atoms with Crippen molar-refractivity contribution in [3.05, 3.63) is 66.7 Å². The maximum atomic E-state index is 5.31. The quantitative estimate of drug-likeness (QED) is 0.592. The molecule has 3 heterocycles. The summed E-state index contributed by atoms with van der Waals surface area (Å²) in [6.07, 6.45) is 7.99. The van der Waals surface area contributed by atoms with Crippen molar-refractivity contribution in [2.75, 3.05) is 7.11 Å². The van der Waals surface area contributed by atoms with E-state index in [1.807, 2.05) is 54.5 Å². The Balaban J connectivity index is 1.78. The van der Waals surface area contributed by atoms with Crippen LogP contribution < -0.4 is 9.30 Å². The summed E-state index contributed by atoms with van der Waals surface area (Å²) >= 11 is 0. The number of ether oxygens (including phenoxy) is 1. The number of aromatic nitrogens is 4. The summed E-state index contributed by atoms with van der Waals surface area (Å²) in [6, 6.07) is 12.2. The Bertz CT molecular complexity index is 970. The van der Waals surface area contributed by atoms with Crippen molar-refractivity contribution in [1.29, 1.82) is 0 Å². The van der Waals surface area contributed by atoms with E-state index in [0.29, 0.717) is 0 Å². The lowest BCUT2D eigenvalue weighted by molar-refractivity contribution is -0.603. The van der Waals surface area contributed by atoms with Crippen LogP contribution >= 0.6 is 0 Å². The molecule has 114 valence electrons. The van der Waals surface area contributed by atoms with Gasteiger partial charge in [0.15, 0.2) is 5.52 Å². The van der Waals surface area contributed by atoms with Gasteiger partial charge in [-0.25, -0.2) is 9.55 Å². The summed E-state index contributed by atoms with van der Waals surface area (Å²) in [5, 5.41) is 0. The fourth-order valence-corrected chi connectivity index (χ4v) is 2.73. The topological polar surface area (TPSA) is 46.7 Å². The van der Waals surface area contributed by atoms with Crippen molar-refractivity contribution in [3.63, 3.8) is 0 Å². The van der Waals surface area contributed by atoms with Crippen LogP contribution in [0.1, 0.15) is 5.56 Å². The molecule has 0 aliphatic heterocycles. The molecule has 0 aliphatic rings. The molecule has 4 rings (SSSR count). The third kappa shape index (κ3) is 2.36. The van der Waals surface area contributed by atoms with Gasteiger partial charge in [-0.2, -0.15) is 0 Å². The average Bonchev–Trinajstić information content (AvgIpc) is 3.23. The fraction of sp³-hybridized carbons (Fsp3) is 0.111. The number of nitrogens with one attached hydrogen (secondary N) is 1. The van der Waals surface area contributed by atoms with Gasteiger partial charge in [0.2, 0.25) is 0 Å². The number of aryl methyl sites for hydroxylation is 1. The van der Waals surface area contributed by atoms with Crippen LogP contribution in [0, 0.1) is 6.92 Å². The number of hydrogen-bond donors (Lipinski definition) is 1. The minimum absolute atomic E-state index is 0.787. The zero-order valence-corrected chi connectivity index (χ0v) is 13.0. The molecule has 1 N–H and O–H groups in total. The lowest BCUT2D eigenvalue weighted by Gasteiger charge is -2.03. The first kappa shape index (κ1) is 13.6. The highest BCUT2D eigenvalue weighted by molar-refractivity contribution is 5.78. The molecule has 23 heavy (non-hydrogen) atoms. The Morgan fingerprint density at radius 2 is 2.00 bits per heavy atom. The lowest BCUT2D eigenvalue weighted by Crippen LogP contribution is -2.31. The highest BCUT2D eigenvalue weighted by Crippen LogP contribution is 2.18. The Hall–Kier alpha value is -3.08. The SMILES string of the molecule is COc1cc[n+](-c2nc3cc(-n4cccc4)ccc3[nH]2)cc1C. The Morgan fingerprint density at radius 3 is 2.74 bits per heavy atom. The van der Waals surface area contributed by atoms with E-state index >= 15 is 0 Å². The van der Waals surface area contributed by atoms with Crippen molar-refractivity contribution in [3.8, 4) is 17.4 Å². The Morgan fingerprint density at radius 1 is 1.17 bits per heavy atom. The summed E-state index contributed by atoms with van der Waals surface area (Å²) < 4.78 is 9.34. The van der Waals surface area contributed by atoms with Gasteiger partial charge >= 0.3 is 5.95 Å². The molecule has 0 fully saturated rings. The van der Waals surface area contributed by atoms with Crippen LogP contribution in [0.25, 0.3) is 22.7 Å². The number of aromatic amines is 1. The first-order chi connectivity index (χ1) is 11.2. The van der Waals surface area contributed by atoms with E-state index in [-0.39, 0.29) is 0 Å². The minimum Gasteiger partial charge on any atom is -0.496 e. The largest absolute Gasteiger partial charge is 0.496 e. The van der Waals surface area contributed by atoms with E-state index in [0.717, 1.165) is 34.0 Å². The number of H-pyrrole nitrogens is 1. The van der Waals surface area contributed by atoms with Gasteiger partial charge in [0.1, 0.15) is 11.3 Å². The molecular weight excluding hydrogens is 288 g/mol. The molecule has 4 aromatic rings. The first-order valence-electron chi connectivity index (χ1n) is 7.44. The van der Waals surface area contributed by atoms with E-state index in [4.69, 9.17) is 9.72 Å². The smallest absolute Gasteiger partial charge is 0.401 e. The molecule has 0 radical (unpaired) electrons. The number of nitrogens with zero attached hydrogens (tertiary/aromatic N) is 3. The van der Waals surface area contributed by atoms with Gasteiger partial charge in [-0.1, -0.05) is 4.98 Å². The predicted octanol–water partition coefficient (Wildman–Crippen LogP) is 2.95. The summed E-state index contributed by atoms with van der Waals surface area (Å²) in [7, 11) is 1.68. The average molecular weight is 305 g/mol. The summed E-state index contributed by atoms with van der Waals surface area (Å²) in [5.74, 6) is 1.66. The lowest BCUT2D eigenvalue weighted by atomic mass is 10.3. The van der Waals surface area contributed by atoms with Crippen LogP contribution in [-0.4, -0.2) is 21.6 Å². The van der Waals surface area contributed by atoms with E-state index in [1.165, 1.54) is 0 Å². The van der Waals surface area contributed by atoms with Crippen LogP contribution in [0.15, 0.2) is 61.2 Å². The van der Waals surface area contributed by atoms with Crippen LogP contribution in [-0.2, 0) is 0 Å². The predicted molar refractivity (Wildman–Crippen MR) is 88.2 cm³/mol. The Labute approximate surface area is 133 Å². The summed E-state index contributed by atoms with van der Waals surface area (Å²) in [6.45, 7) is 2.02. The molecule has 5 heteroatoms. The molecule has 0 saturated heterocycles. The van der Waals surface area contributed by atoms with Crippen LogP contribution in [0.4, 0.5) is 0 Å². The van der Waals surface area contributed by atoms with E-state index in [9.17, 15) is 0 Å². The van der Waals surface area contributed by atoms with Crippen molar-refractivity contribution < 1.29 is 9.30 Å². The highest BCUT2D eigenvalue weighted by atomic mass is 16.5. The molecular formula is C18H17N4O+. The number of benzene rings is 1. The van der Waals surface area contributed by atoms with Gasteiger partial charge in [0.05, 0.1) is 19.5 Å². The normalized spacial score (nSPS) is 11.0. The zero-order chi connectivity index (χ0) is 15.8. The molecule has 0 atom stereocenters. The molecule has 0 saturated carbocycles. The number of hydrogen-bond acceptors (Lipinski definition) is 2. The Kier molecular flexibility index (Phi) is 3.12. The summed E-state index contributed by atoms with van der Waals surface area (Å²) in [4.78, 5) is 8.05. The van der Waals surface area contributed by atoms with Gasteiger partial charge in [-0.05, 0) is 31.2 Å². The molecule has 0 unspecified atom stereocenters. The monoisotopic (exact) mass is 305 g/mol.